The molecule has 0 bridgehead atoms. The number of fused-ring (bicyclic) bond motifs is 2. The van der Waals surface area contributed by atoms with Crippen LogP contribution in [-0.4, -0.2) is 89.5 Å². The van der Waals surface area contributed by atoms with E-state index >= 15 is 0 Å². The maximum absolute atomic E-state index is 12.8. The van der Waals surface area contributed by atoms with Gasteiger partial charge in [-0.1, -0.05) is 56.3 Å². The summed E-state index contributed by atoms with van der Waals surface area (Å²) in [6, 6.07) is 14.2. The van der Waals surface area contributed by atoms with Crippen LogP contribution in [0.5, 0.6) is 0 Å². The summed E-state index contributed by atoms with van der Waals surface area (Å²) in [7, 11) is 1.72. The van der Waals surface area contributed by atoms with Crippen molar-refractivity contribution < 1.29 is 9.59 Å². The number of hydrogen-bond donors (Lipinski definition) is 1. The molecular formula is C26H34N6O2. The van der Waals surface area contributed by atoms with Crippen LogP contribution in [0.25, 0.3) is 10.8 Å². The molecule has 2 aromatic carbocycles. The molecule has 1 N–H and O–H groups in total. The summed E-state index contributed by atoms with van der Waals surface area (Å²) in [5.41, 5.74) is 1.35. The average Bonchev–Trinajstić information content (AvgIpc) is 3.22. The van der Waals surface area contributed by atoms with Crippen LogP contribution in [0.2, 0.25) is 0 Å². The molecule has 0 radical (unpaired) electrons. The monoisotopic (exact) mass is 462 g/mol. The molecule has 2 saturated heterocycles. The van der Waals surface area contributed by atoms with Gasteiger partial charge in [-0.2, -0.15) is 0 Å². The lowest BCUT2D eigenvalue weighted by molar-refractivity contribution is -0.127. The van der Waals surface area contributed by atoms with Gasteiger partial charge in [-0.25, -0.2) is 9.79 Å². The molecule has 34 heavy (non-hydrogen) atoms. The van der Waals surface area contributed by atoms with Gasteiger partial charge in [0.25, 0.3) is 5.91 Å². The van der Waals surface area contributed by atoms with E-state index in [1.807, 2.05) is 0 Å². The first-order valence-corrected chi connectivity index (χ1v) is 12.3. The van der Waals surface area contributed by atoms with Crippen molar-refractivity contribution in [3.8, 4) is 0 Å². The van der Waals surface area contributed by atoms with E-state index in [1.165, 1.54) is 16.3 Å². The van der Waals surface area contributed by atoms with Crippen molar-refractivity contribution in [1.82, 2.24) is 24.9 Å². The summed E-state index contributed by atoms with van der Waals surface area (Å²) in [4.78, 5) is 38.4. The Morgan fingerprint density at radius 1 is 1.03 bits per heavy atom. The van der Waals surface area contributed by atoms with Crippen molar-refractivity contribution in [2.75, 3.05) is 39.8 Å². The molecule has 0 aromatic heterocycles. The van der Waals surface area contributed by atoms with Gasteiger partial charge in [0.15, 0.2) is 18.2 Å². The number of piperazine rings is 1. The number of imide groups is 1. The number of nitrogens with zero attached hydrogens (tertiary/aromatic N) is 5. The first-order chi connectivity index (χ1) is 16.4. The number of carbonyl (C=O) groups is 2. The highest BCUT2D eigenvalue weighted by Gasteiger charge is 2.49. The second-order valence-corrected chi connectivity index (χ2v) is 9.97. The summed E-state index contributed by atoms with van der Waals surface area (Å²) in [6.45, 7) is 9.60. The maximum atomic E-state index is 12.8. The van der Waals surface area contributed by atoms with E-state index in [4.69, 9.17) is 4.99 Å². The number of nitrogens with one attached hydrogen (secondary N) is 1. The van der Waals surface area contributed by atoms with Crippen LogP contribution in [-0.2, 0) is 11.3 Å². The Hall–Kier alpha value is -3.13. The minimum absolute atomic E-state index is 0.245. The highest BCUT2D eigenvalue weighted by atomic mass is 16.2. The van der Waals surface area contributed by atoms with Gasteiger partial charge in [-0.3, -0.25) is 15.0 Å². The molecule has 5 rings (SSSR count). The highest BCUT2D eigenvalue weighted by molar-refractivity contribution is 6.03. The standard InChI is InChI=1S/C26H34N6O2/c1-18(2)11-12-32-22-23(29(3)26(34)28-24(22)33)27-25(32)31-15-13-30(14-16-31)17-20-9-6-8-19-7-4-5-10-21(19)20/h4-10,18,22-23H,11-17H2,1-3H3,(H,28,33,34). The molecule has 3 aliphatic rings. The van der Waals surface area contributed by atoms with Crippen molar-refractivity contribution in [1.29, 1.82) is 0 Å². The third-order valence-electron chi connectivity index (χ3n) is 7.22. The van der Waals surface area contributed by atoms with Gasteiger partial charge in [-0.05, 0) is 28.7 Å². The molecule has 0 spiro atoms. The minimum atomic E-state index is -0.461. The third-order valence-corrected chi connectivity index (χ3v) is 7.22. The van der Waals surface area contributed by atoms with E-state index in [0.717, 1.165) is 51.6 Å². The molecule has 0 saturated carbocycles. The van der Waals surface area contributed by atoms with E-state index < -0.39 is 12.2 Å². The molecule has 8 heteroatoms. The number of guanidine groups is 1. The molecule has 180 valence electrons. The summed E-state index contributed by atoms with van der Waals surface area (Å²) < 4.78 is 0. The largest absolute Gasteiger partial charge is 0.340 e. The summed E-state index contributed by atoms with van der Waals surface area (Å²) >= 11 is 0. The normalized spacial score (nSPS) is 23.5. The molecular weight excluding hydrogens is 428 g/mol. The number of benzene rings is 2. The summed E-state index contributed by atoms with van der Waals surface area (Å²) in [6.07, 6.45) is 0.505. The Balaban J connectivity index is 1.30. The smallest absolute Gasteiger partial charge is 0.325 e. The van der Waals surface area contributed by atoms with Gasteiger partial charge < -0.3 is 14.7 Å². The second kappa shape index (κ2) is 9.25. The molecule has 2 fully saturated rings. The molecule has 3 aliphatic heterocycles. The summed E-state index contributed by atoms with van der Waals surface area (Å²) in [5.74, 6) is 1.13. The van der Waals surface area contributed by atoms with Crippen LogP contribution < -0.4 is 5.32 Å². The quantitative estimate of drug-likeness (QED) is 0.740. The zero-order chi connectivity index (χ0) is 23.8. The van der Waals surface area contributed by atoms with Crippen molar-refractivity contribution in [2.24, 2.45) is 10.9 Å². The summed E-state index contributed by atoms with van der Waals surface area (Å²) in [5, 5.41) is 5.09. The van der Waals surface area contributed by atoms with Gasteiger partial charge in [0, 0.05) is 46.3 Å². The van der Waals surface area contributed by atoms with Crippen LogP contribution in [0.3, 0.4) is 0 Å². The Kier molecular flexibility index (Phi) is 6.16. The van der Waals surface area contributed by atoms with Gasteiger partial charge in [-0.15, -0.1) is 0 Å². The average molecular weight is 463 g/mol. The predicted molar refractivity (Wildman–Crippen MR) is 133 cm³/mol. The van der Waals surface area contributed by atoms with Gasteiger partial charge in [0.2, 0.25) is 0 Å². The second-order valence-electron chi connectivity index (χ2n) is 9.97. The molecule has 3 heterocycles. The number of carbonyl (C=O) groups excluding carboxylic acids is 2. The van der Waals surface area contributed by atoms with Gasteiger partial charge in [0.1, 0.15) is 0 Å². The third kappa shape index (κ3) is 4.22. The zero-order valence-electron chi connectivity index (χ0n) is 20.3. The topological polar surface area (TPSA) is 71.5 Å². The lowest BCUT2D eigenvalue weighted by Crippen LogP contribution is -2.64. The Morgan fingerprint density at radius 2 is 1.76 bits per heavy atom. The fourth-order valence-electron chi connectivity index (χ4n) is 5.19. The maximum Gasteiger partial charge on any atom is 0.325 e. The number of urea groups is 1. The fraction of sp³-hybridized carbons (Fsp3) is 0.500. The Bertz CT molecular complexity index is 1100. The number of hydrogen-bond acceptors (Lipinski definition) is 6. The van der Waals surface area contributed by atoms with Crippen molar-refractivity contribution in [3.05, 3.63) is 48.0 Å². The molecule has 8 nitrogen and oxygen atoms in total. The fourth-order valence-corrected chi connectivity index (χ4v) is 5.19. The first-order valence-electron chi connectivity index (χ1n) is 12.3. The van der Waals surface area contributed by atoms with E-state index in [1.54, 1.807) is 11.9 Å². The first kappa shape index (κ1) is 22.7. The zero-order valence-corrected chi connectivity index (χ0v) is 20.3. The van der Waals surface area contributed by atoms with E-state index in [2.05, 4.69) is 76.3 Å². The van der Waals surface area contributed by atoms with Gasteiger partial charge in [0.05, 0.1) is 0 Å². The van der Waals surface area contributed by atoms with Crippen molar-refractivity contribution in [3.63, 3.8) is 0 Å². The minimum Gasteiger partial charge on any atom is -0.340 e. The highest BCUT2D eigenvalue weighted by Crippen LogP contribution is 2.27. The van der Waals surface area contributed by atoms with E-state index in [-0.39, 0.29) is 11.9 Å². The van der Waals surface area contributed by atoms with Crippen molar-refractivity contribution >= 4 is 28.7 Å². The van der Waals surface area contributed by atoms with Crippen LogP contribution in [0.1, 0.15) is 25.8 Å². The molecule has 3 amide bonds. The van der Waals surface area contributed by atoms with Crippen molar-refractivity contribution in [2.45, 2.75) is 39.0 Å². The Morgan fingerprint density at radius 3 is 2.53 bits per heavy atom. The molecule has 2 aromatic rings. The number of aliphatic imine (C=N–C) groups is 1. The van der Waals surface area contributed by atoms with Gasteiger partial charge >= 0.3 is 6.03 Å². The lowest BCUT2D eigenvalue weighted by atomic mass is 10.0. The number of rotatable bonds is 5. The lowest BCUT2D eigenvalue weighted by Gasteiger charge is -2.40. The van der Waals surface area contributed by atoms with Crippen LogP contribution >= 0.6 is 0 Å². The number of amides is 3. The van der Waals surface area contributed by atoms with Crippen LogP contribution in [0.15, 0.2) is 47.5 Å². The van der Waals surface area contributed by atoms with E-state index in [9.17, 15) is 9.59 Å². The molecule has 2 unspecified atom stereocenters. The Labute approximate surface area is 201 Å². The van der Waals surface area contributed by atoms with Crippen LogP contribution in [0, 0.1) is 5.92 Å². The predicted octanol–water partition coefficient (Wildman–Crippen LogP) is 2.55. The van der Waals surface area contributed by atoms with E-state index in [0.29, 0.717) is 5.92 Å². The SMILES string of the molecule is CC(C)CCN1C(N2CCN(Cc3cccc4ccccc34)CC2)=NC2C1C(=O)NC(=O)N2C. The molecule has 0 aliphatic carbocycles. The molecule has 2 atom stereocenters. The number of likely N-dealkylation sites (N-methyl/N-ethyl adjacent to an activating group) is 1. The van der Waals surface area contributed by atoms with Crippen LogP contribution in [0.4, 0.5) is 4.79 Å².